The number of carbonyl (C=O) groups excluding carboxylic acids is 1. The number of aromatic nitrogens is 1. The fourth-order valence-corrected chi connectivity index (χ4v) is 3.97. The smallest absolute Gasteiger partial charge is 0.410 e. The second kappa shape index (κ2) is 8.10. The molecule has 9 heteroatoms. The number of rotatable bonds is 4. The average Bonchev–Trinajstić information content (AvgIpc) is 2.48. The SMILES string of the molecule is CC(C)(C)OC(=O)N1CCC[C@@H](NS(C)(=O)=O)[C@H]1Cc1ccc(Cl)nc1. The Morgan fingerprint density at radius 1 is 1.42 bits per heavy atom. The topological polar surface area (TPSA) is 88.6 Å². The summed E-state index contributed by atoms with van der Waals surface area (Å²) >= 11 is 5.83. The van der Waals surface area contributed by atoms with Crippen LogP contribution in [0.3, 0.4) is 0 Å². The van der Waals surface area contributed by atoms with Crippen LogP contribution in [0.5, 0.6) is 0 Å². The zero-order valence-corrected chi connectivity index (χ0v) is 17.1. The maximum atomic E-state index is 12.7. The first-order chi connectivity index (χ1) is 11.9. The molecule has 1 aliphatic rings. The maximum absolute atomic E-state index is 12.7. The largest absolute Gasteiger partial charge is 0.444 e. The number of nitrogens with zero attached hydrogens (tertiary/aromatic N) is 2. The van der Waals surface area contributed by atoms with E-state index in [0.29, 0.717) is 31.0 Å². The van der Waals surface area contributed by atoms with Gasteiger partial charge in [0.1, 0.15) is 10.8 Å². The molecule has 26 heavy (non-hydrogen) atoms. The van der Waals surface area contributed by atoms with E-state index in [2.05, 4.69) is 9.71 Å². The van der Waals surface area contributed by atoms with Gasteiger partial charge in [0, 0.05) is 18.8 Å². The van der Waals surface area contributed by atoms with Gasteiger partial charge in [-0.2, -0.15) is 0 Å². The van der Waals surface area contributed by atoms with Crippen molar-refractivity contribution in [1.29, 1.82) is 0 Å². The van der Waals surface area contributed by atoms with E-state index in [0.717, 1.165) is 11.8 Å². The molecule has 0 bridgehead atoms. The van der Waals surface area contributed by atoms with Crippen molar-refractivity contribution in [1.82, 2.24) is 14.6 Å². The third-order valence-electron chi connectivity index (χ3n) is 4.01. The second-order valence-electron chi connectivity index (χ2n) is 7.57. The van der Waals surface area contributed by atoms with Gasteiger partial charge in [0.05, 0.1) is 12.3 Å². The summed E-state index contributed by atoms with van der Waals surface area (Å²) in [5.74, 6) is 0. The second-order valence-corrected chi connectivity index (χ2v) is 9.74. The van der Waals surface area contributed by atoms with Crippen LogP contribution < -0.4 is 4.72 Å². The molecule has 1 aliphatic heterocycles. The molecule has 0 spiro atoms. The van der Waals surface area contributed by atoms with Gasteiger partial charge >= 0.3 is 6.09 Å². The van der Waals surface area contributed by atoms with Crippen molar-refractivity contribution in [3.05, 3.63) is 29.0 Å². The number of likely N-dealkylation sites (tertiary alicyclic amines) is 1. The Balaban J connectivity index is 2.28. The van der Waals surface area contributed by atoms with E-state index in [4.69, 9.17) is 16.3 Å². The van der Waals surface area contributed by atoms with Gasteiger partial charge in [0.15, 0.2) is 0 Å². The molecule has 146 valence electrons. The summed E-state index contributed by atoms with van der Waals surface area (Å²) in [6.45, 7) is 5.93. The molecule has 1 fully saturated rings. The molecule has 0 saturated carbocycles. The van der Waals surface area contributed by atoms with Gasteiger partial charge in [-0.05, 0) is 51.7 Å². The van der Waals surface area contributed by atoms with Crippen molar-refractivity contribution in [3.8, 4) is 0 Å². The van der Waals surface area contributed by atoms with Crippen LogP contribution in [0.4, 0.5) is 4.79 Å². The number of hydrogen-bond acceptors (Lipinski definition) is 5. The van der Waals surface area contributed by atoms with Crippen molar-refractivity contribution < 1.29 is 17.9 Å². The summed E-state index contributed by atoms with van der Waals surface area (Å²) in [6.07, 6.45) is 4.13. The molecule has 1 N–H and O–H groups in total. The average molecular weight is 404 g/mol. The molecule has 7 nitrogen and oxygen atoms in total. The molecule has 1 aromatic heterocycles. The monoisotopic (exact) mass is 403 g/mol. The summed E-state index contributed by atoms with van der Waals surface area (Å²) in [7, 11) is -3.41. The minimum absolute atomic E-state index is 0.365. The molecule has 2 rings (SSSR count). The molecule has 0 radical (unpaired) electrons. The molecule has 0 aliphatic carbocycles. The summed E-state index contributed by atoms with van der Waals surface area (Å²) in [5, 5.41) is 0.382. The fourth-order valence-electron chi connectivity index (χ4n) is 3.04. The van der Waals surface area contributed by atoms with Gasteiger partial charge in [-0.1, -0.05) is 17.7 Å². The minimum Gasteiger partial charge on any atom is -0.444 e. The third kappa shape index (κ3) is 6.41. The normalized spacial score (nSPS) is 21.5. The number of nitrogens with one attached hydrogen (secondary N) is 1. The van der Waals surface area contributed by atoms with Gasteiger partial charge < -0.3 is 9.64 Å². The zero-order chi connectivity index (χ0) is 19.5. The highest BCUT2D eigenvalue weighted by molar-refractivity contribution is 7.88. The van der Waals surface area contributed by atoms with Crippen molar-refractivity contribution >= 4 is 27.7 Å². The Labute approximate surface area is 160 Å². The van der Waals surface area contributed by atoms with E-state index in [1.807, 2.05) is 6.07 Å². The van der Waals surface area contributed by atoms with Crippen LogP contribution in [0.2, 0.25) is 5.15 Å². The van der Waals surface area contributed by atoms with E-state index in [-0.39, 0.29) is 12.1 Å². The van der Waals surface area contributed by atoms with E-state index in [1.165, 1.54) is 0 Å². The highest BCUT2D eigenvalue weighted by Gasteiger charge is 2.37. The number of sulfonamides is 1. The number of halogens is 1. The summed E-state index contributed by atoms with van der Waals surface area (Å²) in [6, 6.07) is 2.75. The lowest BCUT2D eigenvalue weighted by Gasteiger charge is -2.41. The standard InChI is InChI=1S/C17H26ClN3O4S/c1-17(2,3)25-16(22)21-9-5-6-13(20-26(4,23)24)14(21)10-12-7-8-15(18)19-11-12/h7-8,11,13-14,20H,5-6,9-10H2,1-4H3/t13-,14-/m1/s1. The number of ether oxygens (including phenoxy) is 1. The number of pyridine rings is 1. The molecule has 1 saturated heterocycles. The summed E-state index contributed by atoms with van der Waals surface area (Å²) < 4.78 is 31.7. The molecule has 2 heterocycles. The highest BCUT2D eigenvalue weighted by atomic mass is 35.5. The molecule has 1 aromatic rings. The van der Waals surface area contributed by atoms with E-state index in [9.17, 15) is 13.2 Å². The van der Waals surface area contributed by atoms with Crippen LogP contribution in [0.1, 0.15) is 39.2 Å². The molecular formula is C17H26ClN3O4S. The van der Waals surface area contributed by atoms with Gasteiger partial charge in [-0.3, -0.25) is 0 Å². The van der Waals surface area contributed by atoms with Gasteiger partial charge in [0.2, 0.25) is 10.0 Å². The lowest BCUT2D eigenvalue weighted by Crippen LogP contribution is -2.58. The van der Waals surface area contributed by atoms with Crippen molar-refractivity contribution in [3.63, 3.8) is 0 Å². The van der Waals surface area contributed by atoms with Gasteiger partial charge in [-0.15, -0.1) is 0 Å². The molecule has 0 unspecified atom stereocenters. The molecule has 2 atom stereocenters. The van der Waals surface area contributed by atoms with Crippen molar-refractivity contribution in [2.24, 2.45) is 0 Å². The molecule has 0 aromatic carbocycles. The Hall–Kier alpha value is -1.38. The van der Waals surface area contributed by atoms with E-state index < -0.39 is 21.7 Å². The number of amides is 1. The zero-order valence-electron chi connectivity index (χ0n) is 15.5. The first-order valence-electron chi connectivity index (χ1n) is 8.52. The first kappa shape index (κ1) is 20.9. The fraction of sp³-hybridized carbons (Fsp3) is 0.647. The van der Waals surface area contributed by atoms with Gasteiger partial charge in [-0.25, -0.2) is 22.9 Å². The third-order valence-corrected chi connectivity index (χ3v) is 4.96. The van der Waals surface area contributed by atoms with Crippen LogP contribution in [-0.4, -0.2) is 54.9 Å². The number of piperidine rings is 1. The van der Waals surface area contributed by atoms with Crippen LogP contribution in [0, 0.1) is 0 Å². The van der Waals surface area contributed by atoms with Crippen LogP contribution in [0.15, 0.2) is 18.3 Å². The number of carbonyl (C=O) groups is 1. The van der Waals surface area contributed by atoms with Crippen molar-refractivity contribution in [2.45, 2.75) is 57.7 Å². The molecular weight excluding hydrogens is 378 g/mol. The minimum atomic E-state index is -3.41. The van der Waals surface area contributed by atoms with E-state index >= 15 is 0 Å². The Morgan fingerprint density at radius 3 is 2.65 bits per heavy atom. The Morgan fingerprint density at radius 2 is 2.12 bits per heavy atom. The van der Waals surface area contributed by atoms with Crippen molar-refractivity contribution in [2.75, 3.05) is 12.8 Å². The number of hydrogen-bond donors (Lipinski definition) is 1. The predicted molar refractivity (Wildman–Crippen MR) is 101 cm³/mol. The summed E-state index contributed by atoms with van der Waals surface area (Å²) in [5.41, 5.74) is 0.246. The van der Waals surface area contributed by atoms with Crippen LogP contribution >= 0.6 is 11.6 Å². The molecule has 1 amide bonds. The summed E-state index contributed by atoms with van der Waals surface area (Å²) in [4.78, 5) is 18.4. The van der Waals surface area contributed by atoms with Gasteiger partial charge in [0.25, 0.3) is 0 Å². The highest BCUT2D eigenvalue weighted by Crippen LogP contribution is 2.24. The van der Waals surface area contributed by atoms with E-state index in [1.54, 1.807) is 37.9 Å². The van der Waals surface area contributed by atoms with Crippen LogP contribution in [0.25, 0.3) is 0 Å². The quantitative estimate of drug-likeness (QED) is 0.780. The predicted octanol–water partition coefficient (Wildman–Crippen LogP) is 2.59. The van der Waals surface area contributed by atoms with Crippen LogP contribution in [-0.2, 0) is 21.2 Å². The Kier molecular flexibility index (Phi) is 6.52. The lowest BCUT2D eigenvalue weighted by molar-refractivity contribution is 0.00591. The maximum Gasteiger partial charge on any atom is 0.410 e. The lowest BCUT2D eigenvalue weighted by atomic mass is 9.92. The Bertz CT molecular complexity index is 731. The first-order valence-corrected chi connectivity index (χ1v) is 10.8.